The maximum Gasteiger partial charge on any atom is 0.355 e. The fraction of sp³-hybridized carbons (Fsp3) is 0.615. The van der Waals surface area contributed by atoms with Crippen molar-refractivity contribution in [3.05, 3.63) is 17.7 Å². The number of carboxylic acids is 1. The lowest BCUT2D eigenvalue weighted by atomic mass is 10.2. The number of carbonyl (C=O) groups is 1. The van der Waals surface area contributed by atoms with Crippen molar-refractivity contribution in [2.75, 3.05) is 0 Å². The first-order valence-corrected chi connectivity index (χ1v) is 6.97. The van der Waals surface area contributed by atoms with Crippen molar-refractivity contribution in [3.63, 3.8) is 0 Å². The normalized spacial score (nSPS) is 13.1. The third-order valence-corrected chi connectivity index (χ3v) is 4.21. The number of nitrogens with zero attached hydrogens (tertiary/aromatic N) is 2. The van der Waals surface area contributed by atoms with Gasteiger partial charge in [-0.3, -0.25) is 0 Å². The molecule has 0 saturated heterocycles. The first-order chi connectivity index (χ1) is 8.32. The van der Waals surface area contributed by atoms with Crippen LogP contribution < -0.4 is 0 Å². The molecule has 1 unspecified atom stereocenters. The van der Waals surface area contributed by atoms with Crippen LogP contribution in [-0.4, -0.2) is 26.3 Å². The predicted molar refractivity (Wildman–Crippen MR) is 73.2 cm³/mol. The van der Waals surface area contributed by atoms with Crippen molar-refractivity contribution in [1.82, 2.24) is 9.97 Å². The molecule has 18 heavy (non-hydrogen) atoms. The minimum Gasteiger partial charge on any atom is -0.476 e. The van der Waals surface area contributed by atoms with Crippen LogP contribution in [0.5, 0.6) is 0 Å². The highest BCUT2D eigenvalue weighted by atomic mass is 32.2. The van der Waals surface area contributed by atoms with Crippen LogP contribution in [0, 0.1) is 5.92 Å². The lowest BCUT2D eigenvalue weighted by Gasteiger charge is -2.16. The zero-order valence-electron chi connectivity index (χ0n) is 11.5. The predicted octanol–water partition coefficient (Wildman–Crippen LogP) is 3.43. The quantitative estimate of drug-likeness (QED) is 0.829. The first-order valence-electron chi connectivity index (χ1n) is 6.09. The number of carboxylic acid groups (broad SMARTS) is 1. The Labute approximate surface area is 112 Å². The SMILES string of the molecule is CC(C)c1ncc(SC(C)C(C)C)c(C(=O)O)n1. The second-order valence-corrected chi connectivity index (χ2v) is 6.39. The molecule has 1 atom stereocenters. The topological polar surface area (TPSA) is 63.1 Å². The molecule has 1 aromatic rings. The van der Waals surface area contributed by atoms with Gasteiger partial charge in [0.2, 0.25) is 0 Å². The summed E-state index contributed by atoms with van der Waals surface area (Å²) in [4.78, 5) is 20.3. The van der Waals surface area contributed by atoms with Crippen molar-refractivity contribution in [1.29, 1.82) is 0 Å². The molecule has 100 valence electrons. The maximum absolute atomic E-state index is 11.2. The summed E-state index contributed by atoms with van der Waals surface area (Å²) < 4.78 is 0. The van der Waals surface area contributed by atoms with Crippen molar-refractivity contribution < 1.29 is 9.90 Å². The third kappa shape index (κ3) is 3.70. The summed E-state index contributed by atoms with van der Waals surface area (Å²) in [6.45, 7) is 10.2. The van der Waals surface area contributed by atoms with E-state index in [0.717, 1.165) is 0 Å². The Kier molecular flexibility index (Phi) is 5.14. The van der Waals surface area contributed by atoms with Crippen LogP contribution in [0.25, 0.3) is 0 Å². The Bertz CT molecular complexity index is 433. The van der Waals surface area contributed by atoms with Crippen LogP contribution >= 0.6 is 11.8 Å². The molecule has 1 N–H and O–H groups in total. The Morgan fingerprint density at radius 1 is 1.28 bits per heavy atom. The number of rotatable bonds is 5. The summed E-state index contributed by atoms with van der Waals surface area (Å²) >= 11 is 1.52. The number of hydrogen-bond acceptors (Lipinski definition) is 4. The first kappa shape index (κ1) is 15.0. The van der Waals surface area contributed by atoms with Gasteiger partial charge in [0.05, 0.1) is 4.90 Å². The second-order valence-electron chi connectivity index (χ2n) is 4.97. The molecule has 4 nitrogen and oxygen atoms in total. The molecule has 5 heteroatoms. The van der Waals surface area contributed by atoms with Gasteiger partial charge < -0.3 is 5.11 Å². The van der Waals surface area contributed by atoms with Crippen LogP contribution in [-0.2, 0) is 0 Å². The van der Waals surface area contributed by atoms with E-state index in [1.807, 2.05) is 13.8 Å². The van der Waals surface area contributed by atoms with E-state index < -0.39 is 5.97 Å². The van der Waals surface area contributed by atoms with Crippen LogP contribution in [0.15, 0.2) is 11.1 Å². The minimum absolute atomic E-state index is 0.117. The van der Waals surface area contributed by atoms with Gasteiger partial charge in [0.25, 0.3) is 0 Å². The fourth-order valence-corrected chi connectivity index (χ4v) is 2.27. The Hall–Kier alpha value is -1.10. The Balaban J connectivity index is 3.08. The van der Waals surface area contributed by atoms with Gasteiger partial charge in [-0.2, -0.15) is 0 Å². The van der Waals surface area contributed by atoms with Crippen LogP contribution in [0.4, 0.5) is 0 Å². The summed E-state index contributed by atoms with van der Waals surface area (Å²) in [5.41, 5.74) is 0.117. The molecule has 0 aliphatic carbocycles. The fourth-order valence-electron chi connectivity index (χ4n) is 1.24. The highest BCUT2D eigenvalue weighted by Crippen LogP contribution is 2.29. The van der Waals surface area contributed by atoms with Gasteiger partial charge in [-0.25, -0.2) is 14.8 Å². The molecule has 0 aliphatic heterocycles. The van der Waals surface area contributed by atoms with Crippen LogP contribution in [0.2, 0.25) is 0 Å². The van der Waals surface area contributed by atoms with E-state index in [1.165, 1.54) is 11.8 Å². The number of hydrogen-bond donors (Lipinski definition) is 1. The molecule has 0 aliphatic rings. The molecule has 0 bridgehead atoms. The third-order valence-electron chi connectivity index (χ3n) is 2.74. The minimum atomic E-state index is -0.988. The second kappa shape index (κ2) is 6.18. The smallest absolute Gasteiger partial charge is 0.355 e. The van der Waals surface area contributed by atoms with E-state index in [9.17, 15) is 9.90 Å². The molecule has 0 amide bonds. The van der Waals surface area contributed by atoms with E-state index in [1.54, 1.807) is 6.20 Å². The molecular weight excluding hydrogens is 248 g/mol. The highest BCUT2D eigenvalue weighted by molar-refractivity contribution is 8.00. The molecule has 0 fully saturated rings. The van der Waals surface area contributed by atoms with Gasteiger partial charge in [-0.05, 0) is 5.92 Å². The summed E-state index contributed by atoms with van der Waals surface area (Å²) in [5, 5.41) is 9.55. The van der Waals surface area contributed by atoms with E-state index in [4.69, 9.17) is 0 Å². The molecular formula is C13H20N2O2S. The van der Waals surface area contributed by atoms with Gasteiger partial charge >= 0.3 is 5.97 Å². The van der Waals surface area contributed by atoms with Gasteiger partial charge in [-0.1, -0.05) is 34.6 Å². The molecule has 1 heterocycles. The average molecular weight is 268 g/mol. The lowest BCUT2D eigenvalue weighted by molar-refractivity contribution is 0.0685. The van der Waals surface area contributed by atoms with Gasteiger partial charge in [0.15, 0.2) is 5.69 Å². The largest absolute Gasteiger partial charge is 0.476 e. The van der Waals surface area contributed by atoms with E-state index in [2.05, 4.69) is 30.7 Å². The van der Waals surface area contributed by atoms with E-state index in [-0.39, 0.29) is 11.6 Å². The number of aromatic carboxylic acids is 1. The number of thioether (sulfide) groups is 1. The standard InChI is InChI=1S/C13H20N2O2S/c1-7(2)9(5)18-10-6-14-12(8(3)4)15-11(10)13(16)17/h6-9H,1-5H3,(H,16,17). The molecule has 1 aromatic heterocycles. The molecule has 0 saturated carbocycles. The Morgan fingerprint density at radius 3 is 2.33 bits per heavy atom. The molecule has 0 radical (unpaired) electrons. The van der Waals surface area contributed by atoms with Gasteiger partial charge in [0.1, 0.15) is 5.82 Å². The van der Waals surface area contributed by atoms with E-state index >= 15 is 0 Å². The molecule has 0 aromatic carbocycles. The van der Waals surface area contributed by atoms with Crippen molar-refractivity contribution in [3.8, 4) is 0 Å². The molecule has 1 rings (SSSR count). The highest BCUT2D eigenvalue weighted by Gasteiger charge is 2.19. The van der Waals surface area contributed by atoms with Crippen molar-refractivity contribution >= 4 is 17.7 Å². The lowest BCUT2D eigenvalue weighted by Crippen LogP contribution is -2.11. The van der Waals surface area contributed by atoms with E-state index in [0.29, 0.717) is 21.9 Å². The monoisotopic (exact) mass is 268 g/mol. The summed E-state index contributed by atoms with van der Waals surface area (Å²) in [7, 11) is 0. The van der Waals surface area contributed by atoms with Crippen molar-refractivity contribution in [2.45, 2.75) is 50.7 Å². The van der Waals surface area contributed by atoms with Gasteiger partial charge in [0, 0.05) is 17.4 Å². The van der Waals surface area contributed by atoms with Crippen LogP contribution in [0.1, 0.15) is 56.8 Å². The number of aromatic nitrogens is 2. The zero-order chi connectivity index (χ0) is 13.9. The van der Waals surface area contributed by atoms with Crippen molar-refractivity contribution in [2.24, 2.45) is 5.92 Å². The van der Waals surface area contributed by atoms with Gasteiger partial charge in [-0.15, -0.1) is 11.8 Å². The summed E-state index contributed by atoms with van der Waals surface area (Å²) in [6.07, 6.45) is 1.63. The Morgan fingerprint density at radius 2 is 1.89 bits per heavy atom. The maximum atomic E-state index is 11.2. The zero-order valence-corrected chi connectivity index (χ0v) is 12.3. The summed E-state index contributed by atoms with van der Waals surface area (Å²) in [5.74, 6) is 0.192. The summed E-state index contributed by atoms with van der Waals surface area (Å²) in [6, 6.07) is 0. The molecule has 0 spiro atoms. The average Bonchev–Trinajstić information content (AvgIpc) is 2.28. The van der Waals surface area contributed by atoms with Crippen LogP contribution in [0.3, 0.4) is 0 Å².